The van der Waals surface area contributed by atoms with Gasteiger partial charge in [-0.2, -0.15) is 5.10 Å². The fourth-order valence-corrected chi connectivity index (χ4v) is 2.50. The predicted molar refractivity (Wildman–Crippen MR) is 81.3 cm³/mol. The minimum Gasteiger partial charge on any atom is -0.444 e. The van der Waals surface area contributed by atoms with Gasteiger partial charge in [0.25, 0.3) is 0 Å². The Morgan fingerprint density at radius 3 is 2.74 bits per heavy atom. The van der Waals surface area contributed by atoms with Gasteiger partial charge in [-0.05, 0) is 43.7 Å². The van der Waals surface area contributed by atoms with Crippen LogP contribution in [-0.4, -0.2) is 53.1 Å². The van der Waals surface area contributed by atoms with E-state index in [2.05, 4.69) is 20.6 Å². The van der Waals surface area contributed by atoms with Crippen LogP contribution >= 0.6 is 0 Å². The number of carbonyl (C=O) groups is 1. The fourth-order valence-electron chi connectivity index (χ4n) is 2.50. The van der Waals surface area contributed by atoms with Crippen LogP contribution in [0.5, 0.6) is 0 Å². The molecule has 0 aromatic carbocycles. The first-order chi connectivity index (χ1) is 10.8. The number of amides is 1. The number of ether oxygens (including phenoxy) is 1. The molecule has 124 valence electrons. The summed E-state index contributed by atoms with van der Waals surface area (Å²) >= 11 is 0. The number of aromatic nitrogens is 6. The van der Waals surface area contributed by atoms with Gasteiger partial charge in [0, 0.05) is 20.1 Å². The maximum atomic E-state index is 12.3. The highest BCUT2D eigenvalue weighted by Crippen LogP contribution is 2.21. The van der Waals surface area contributed by atoms with Crippen LogP contribution in [0.15, 0.2) is 6.07 Å². The van der Waals surface area contributed by atoms with E-state index in [4.69, 9.17) is 4.74 Å². The monoisotopic (exact) mass is 319 g/mol. The third-order valence-electron chi connectivity index (χ3n) is 3.52. The van der Waals surface area contributed by atoms with Crippen molar-refractivity contribution in [1.82, 2.24) is 34.9 Å². The summed E-state index contributed by atoms with van der Waals surface area (Å²) in [6.07, 6.45) is 0.527. The van der Waals surface area contributed by atoms with Crippen LogP contribution < -0.4 is 0 Å². The van der Waals surface area contributed by atoms with Crippen LogP contribution in [0.4, 0.5) is 4.79 Å². The molecule has 9 nitrogen and oxygen atoms in total. The molecule has 0 saturated carbocycles. The summed E-state index contributed by atoms with van der Waals surface area (Å²) in [5, 5.41) is 16.0. The van der Waals surface area contributed by atoms with Crippen molar-refractivity contribution in [3.8, 4) is 11.5 Å². The molecular formula is C14H21N7O2. The Hall–Kier alpha value is -2.45. The predicted octanol–water partition coefficient (Wildman–Crippen LogP) is 1.21. The first kappa shape index (κ1) is 15.4. The van der Waals surface area contributed by atoms with Gasteiger partial charge in [0.2, 0.25) is 5.82 Å². The zero-order valence-electron chi connectivity index (χ0n) is 13.9. The molecule has 2 aromatic rings. The number of hydrogen-bond acceptors (Lipinski definition) is 6. The zero-order valence-corrected chi connectivity index (χ0v) is 13.9. The second-order valence-corrected chi connectivity index (χ2v) is 6.63. The number of fused-ring (bicyclic) bond motifs is 1. The van der Waals surface area contributed by atoms with Crippen molar-refractivity contribution in [3.63, 3.8) is 0 Å². The Labute approximate surface area is 134 Å². The van der Waals surface area contributed by atoms with Crippen molar-refractivity contribution in [3.05, 3.63) is 11.8 Å². The highest BCUT2D eigenvalue weighted by atomic mass is 16.6. The van der Waals surface area contributed by atoms with E-state index in [-0.39, 0.29) is 6.09 Å². The number of tetrazole rings is 1. The van der Waals surface area contributed by atoms with Crippen LogP contribution in [-0.2, 0) is 24.9 Å². The average molecular weight is 319 g/mol. The average Bonchev–Trinajstić information content (AvgIpc) is 2.97. The highest BCUT2D eigenvalue weighted by Gasteiger charge is 2.26. The third-order valence-corrected chi connectivity index (χ3v) is 3.52. The van der Waals surface area contributed by atoms with Crippen molar-refractivity contribution < 1.29 is 9.53 Å². The van der Waals surface area contributed by atoms with Crippen LogP contribution in [0.25, 0.3) is 11.5 Å². The Morgan fingerprint density at radius 2 is 2.09 bits per heavy atom. The Kier molecular flexibility index (Phi) is 3.78. The van der Waals surface area contributed by atoms with Gasteiger partial charge in [-0.15, -0.1) is 5.10 Å². The van der Waals surface area contributed by atoms with E-state index >= 15 is 0 Å². The molecule has 2 aromatic heterocycles. The van der Waals surface area contributed by atoms with Crippen molar-refractivity contribution in [1.29, 1.82) is 0 Å². The van der Waals surface area contributed by atoms with Crippen LogP contribution in [0.2, 0.25) is 0 Å². The molecule has 1 aliphatic rings. The lowest BCUT2D eigenvalue weighted by Crippen LogP contribution is -2.36. The lowest BCUT2D eigenvalue weighted by molar-refractivity contribution is 0.0236. The van der Waals surface area contributed by atoms with E-state index in [1.54, 1.807) is 16.6 Å². The summed E-state index contributed by atoms with van der Waals surface area (Å²) in [5.74, 6) is 0.606. The molecule has 3 rings (SSSR count). The number of aryl methyl sites for hydroxylation is 2. The Balaban J connectivity index is 1.82. The van der Waals surface area contributed by atoms with Crippen molar-refractivity contribution >= 4 is 6.09 Å². The normalized spacial score (nSPS) is 15.2. The first-order valence-corrected chi connectivity index (χ1v) is 7.61. The molecule has 0 saturated heterocycles. The van der Waals surface area contributed by atoms with Gasteiger partial charge in [-0.25, -0.2) is 9.48 Å². The zero-order chi connectivity index (χ0) is 16.6. The number of hydrogen-bond donors (Lipinski definition) is 0. The lowest BCUT2D eigenvalue weighted by Gasteiger charge is -2.26. The van der Waals surface area contributed by atoms with E-state index in [1.165, 1.54) is 0 Å². The Bertz CT molecular complexity index is 713. The summed E-state index contributed by atoms with van der Waals surface area (Å²) in [5.41, 5.74) is 1.16. The lowest BCUT2D eigenvalue weighted by atomic mass is 10.2. The van der Waals surface area contributed by atoms with Crippen LogP contribution in [0, 0.1) is 0 Å². The van der Waals surface area contributed by atoms with E-state index in [0.717, 1.165) is 18.7 Å². The molecule has 9 heteroatoms. The molecule has 1 aliphatic heterocycles. The highest BCUT2D eigenvalue weighted by molar-refractivity contribution is 5.68. The summed E-state index contributed by atoms with van der Waals surface area (Å²) in [6.45, 7) is 7.47. The summed E-state index contributed by atoms with van der Waals surface area (Å²) in [7, 11) is 1.77. The summed E-state index contributed by atoms with van der Waals surface area (Å²) in [6, 6.07) is 1.92. The second-order valence-electron chi connectivity index (χ2n) is 6.63. The standard InChI is InChI=1S/C14H21N7O2/c1-14(2,3)23-13(22)20-6-5-7-21-10(9-20)8-11(16-21)12-15-17-18-19(12)4/h8H,5-7,9H2,1-4H3. The third kappa shape index (κ3) is 3.33. The van der Waals surface area contributed by atoms with E-state index < -0.39 is 5.60 Å². The van der Waals surface area contributed by atoms with Gasteiger partial charge in [0.05, 0.1) is 12.2 Å². The molecule has 0 aliphatic carbocycles. The summed E-state index contributed by atoms with van der Waals surface area (Å²) in [4.78, 5) is 14.0. The van der Waals surface area contributed by atoms with Gasteiger partial charge in [0.15, 0.2) is 0 Å². The van der Waals surface area contributed by atoms with Crippen LogP contribution in [0.3, 0.4) is 0 Å². The van der Waals surface area contributed by atoms with Crippen molar-refractivity contribution in [2.24, 2.45) is 7.05 Å². The van der Waals surface area contributed by atoms with E-state index in [0.29, 0.717) is 24.6 Å². The quantitative estimate of drug-likeness (QED) is 0.785. The molecule has 0 atom stereocenters. The SMILES string of the molecule is Cn1nnnc1-c1cc2n(n1)CCCN(C(=O)OC(C)(C)C)C2. The molecule has 0 spiro atoms. The molecule has 23 heavy (non-hydrogen) atoms. The van der Waals surface area contributed by atoms with Gasteiger partial charge in [0.1, 0.15) is 11.3 Å². The molecule has 0 bridgehead atoms. The fraction of sp³-hybridized carbons (Fsp3) is 0.643. The molecule has 0 unspecified atom stereocenters. The maximum absolute atomic E-state index is 12.3. The number of nitrogens with zero attached hydrogens (tertiary/aromatic N) is 7. The second kappa shape index (κ2) is 5.64. The van der Waals surface area contributed by atoms with Crippen molar-refractivity contribution in [2.75, 3.05) is 6.54 Å². The molecule has 0 radical (unpaired) electrons. The van der Waals surface area contributed by atoms with E-state index in [1.807, 2.05) is 31.5 Å². The van der Waals surface area contributed by atoms with Gasteiger partial charge >= 0.3 is 6.09 Å². The topological polar surface area (TPSA) is 91.0 Å². The largest absolute Gasteiger partial charge is 0.444 e. The van der Waals surface area contributed by atoms with Crippen molar-refractivity contribution in [2.45, 2.75) is 45.9 Å². The number of carbonyl (C=O) groups excluding carboxylic acids is 1. The maximum Gasteiger partial charge on any atom is 0.410 e. The minimum atomic E-state index is -0.501. The van der Waals surface area contributed by atoms with Gasteiger partial charge in [-0.3, -0.25) is 4.68 Å². The molecular weight excluding hydrogens is 298 g/mol. The summed E-state index contributed by atoms with van der Waals surface area (Å²) < 4.78 is 8.96. The molecule has 0 fully saturated rings. The van der Waals surface area contributed by atoms with Gasteiger partial charge < -0.3 is 9.64 Å². The molecule has 3 heterocycles. The minimum absolute atomic E-state index is 0.297. The van der Waals surface area contributed by atoms with Gasteiger partial charge in [-0.1, -0.05) is 0 Å². The Morgan fingerprint density at radius 1 is 1.30 bits per heavy atom. The van der Waals surface area contributed by atoms with E-state index in [9.17, 15) is 4.79 Å². The first-order valence-electron chi connectivity index (χ1n) is 7.61. The number of rotatable bonds is 1. The van der Waals surface area contributed by atoms with Crippen LogP contribution in [0.1, 0.15) is 32.9 Å². The smallest absolute Gasteiger partial charge is 0.410 e. The molecule has 1 amide bonds. The molecule has 0 N–H and O–H groups in total.